The fraction of sp³-hybridized carbons (Fsp3) is 0.0909. The highest BCUT2D eigenvalue weighted by Crippen LogP contribution is 2.28. The quantitative estimate of drug-likeness (QED) is 0.770. The molecule has 96 valence electrons. The van der Waals surface area contributed by atoms with Gasteiger partial charge in [0.15, 0.2) is 0 Å². The first-order valence-electron chi connectivity index (χ1n) is 4.93. The van der Waals surface area contributed by atoms with E-state index in [9.17, 15) is 8.42 Å². The Hall–Kier alpha value is -0.310. The maximum absolute atomic E-state index is 12.1. The third-order valence-electron chi connectivity index (χ3n) is 2.16. The molecule has 3 nitrogen and oxygen atoms in total. The van der Waals surface area contributed by atoms with Gasteiger partial charge in [0.05, 0.1) is 10.7 Å². The molecule has 0 aliphatic rings. The van der Waals surface area contributed by atoms with Crippen molar-refractivity contribution in [2.75, 3.05) is 4.72 Å². The first-order valence-corrected chi connectivity index (χ1v) is 8.68. The first kappa shape index (κ1) is 14.1. The molecular formula is C11H9ClINO2S2. The zero-order chi connectivity index (χ0) is 13.3. The van der Waals surface area contributed by atoms with Gasteiger partial charge in [-0.2, -0.15) is 0 Å². The van der Waals surface area contributed by atoms with Crippen molar-refractivity contribution in [3.8, 4) is 0 Å². The Balaban J connectivity index is 2.33. The molecule has 0 amide bonds. The Kier molecular flexibility index (Phi) is 4.20. The molecule has 1 aromatic carbocycles. The van der Waals surface area contributed by atoms with Gasteiger partial charge >= 0.3 is 0 Å². The molecule has 0 atom stereocenters. The number of anilines is 1. The predicted octanol–water partition coefficient (Wildman–Crippen LogP) is 4.12. The van der Waals surface area contributed by atoms with Gasteiger partial charge in [0.25, 0.3) is 10.0 Å². The maximum atomic E-state index is 12.1. The van der Waals surface area contributed by atoms with E-state index in [1.54, 1.807) is 30.3 Å². The Morgan fingerprint density at radius 2 is 2.00 bits per heavy atom. The van der Waals surface area contributed by atoms with Crippen LogP contribution in [0.4, 0.5) is 5.69 Å². The van der Waals surface area contributed by atoms with Crippen molar-refractivity contribution in [2.45, 2.75) is 11.1 Å². The molecule has 0 bridgehead atoms. The van der Waals surface area contributed by atoms with E-state index < -0.39 is 10.0 Å². The molecule has 18 heavy (non-hydrogen) atoms. The number of thiophene rings is 1. The zero-order valence-electron chi connectivity index (χ0n) is 9.28. The van der Waals surface area contributed by atoms with Crippen LogP contribution in [0.15, 0.2) is 34.5 Å². The van der Waals surface area contributed by atoms with Crippen LogP contribution in [-0.4, -0.2) is 8.42 Å². The van der Waals surface area contributed by atoms with Crippen molar-refractivity contribution in [3.05, 3.63) is 43.8 Å². The van der Waals surface area contributed by atoms with Crippen molar-refractivity contribution in [1.82, 2.24) is 0 Å². The Morgan fingerprint density at radius 3 is 2.56 bits per heavy atom. The van der Waals surface area contributed by atoms with E-state index in [1.165, 1.54) is 11.3 Å². The second kappa shape index (κ2) is 5.36. The lowest BCUT2D eigenvalue weighted by Gasteiger charge is -2.08. The van der Waals surface area contributed by atoms with Gasteiger partial charge in [-0.25, -0.2) is 8.42 Å². The van der Waals surface area contributed by atoms with Gasteiger partial charge in [0, 0.05) is 8.45 Å². The van der Waals surface area contributed by atoms with Gasteiger partial charge in [-0.1, -0.05) is 11.6 Å². The summed E-state index contributed by atoms with van der Waals surface area (Å²) >= 11 is 9.34. The van der Waals surface area contributed by atoms with E-state index in [0.717, 1.165) is 8.45 Å². The summed E-state index contributed by atoms with van der Waals surface area (Å²) in [4.78, 5) is 0.948. The first-order chi connectivity index (χ1) is 8.38. The highest BCUT2D eigenvalue weighted by Gasteiger charge is 2.17. The van der Waals surface area contributed by atoms with Crippen LogP contribution in [-0.2, 0) is 10.0 Å². The molecular weight excluding hydrogens is 405 g/mol. The topological polar surface area (TPSA) is 46.2 Å². The molecule has 0 saturated heterocycles. The molecule has 1 heterocycles. The fourth-order valence-corrected chi connectivity index (χ4v) is 4.65. The molecule has 0 spiro atoms. The summed E-state index contributed by atoms with van der Waals surface area (Å²) in [5.41, 5.74) is 0.392. The summed E-state index contributed by atoms with van der Waals surface area (Å²) in [5, 5.41) is 0.388. The molecule has 2 rings (SSSR count). The predicted molar refractivity (Wildman–Crippen MR) is 84.0 cm³/mol. The van der Waals surface area contributed by atoms with Crippen molar-refractivity contribution in [1.29, 1.82) is 0 Å². The molecule has 0 saturated carbocycles. The number of aryl methyl sites for hydroxylation is 1. The van der Waals surface area contributed by atoms with E-state index in [4.69, 9.17) is 11.6 Å². The van der Waals surface area contributed by atoms with Crippen LogP contribution in [0.2, 0.25) is 5.02 Å². The Morgan fingerprint density at radius 1 is 1.28 bits per heavy atom. The third kappa shape index (κ3) is 3.17. The van der Waals surface area contributed by atoms with Crippen molar-refractivity contribution < 1.29 is 8.42 Å². The average molecular weight is 414 g/mol. The minimum atomic E-state index is -3.55. The van der Waals surface area contributed by atoms with E-state index >= 15 is 0 Å². The van der Waals surface area contributed by atoms with E-state index in [0.29, 0.717) is 10.7 Å². The zero-order valence-corrected chi connectivity index (χ0v) is 13.8. The van der Waals surface area contributed by atoms with Gasteiger partial charge < -0.3 is 0 Å². The number of hydrogen-bond acceptors (Lipinski definition) is 3. The van der Waals surface area contributed by atoms with E-state index in [-0.39, 0.29) is 4.21 Å². The number of benzene rings is 1. The van der Waals surface area contributed by atoms with Crippen molar-refractivity contribution in [3.63, 3.8) is 0 Å². The van der Waals surface area contributed by atoms with Gasteiger partial charge in [-0.05, 0) is 59.8 Å². The minimum absolute atomic E-state index is 0.287. The van der Waals surface area contributed by atoms with E-state index in [2.05, 4.69) is 27.3 Å². The maximum Gasteiger partial charge on any atom is 0.271 e. The summed E-state index contributed by atoms with van der Waals surface area (Å²) in [5.74, 6) is 0. The molecule has 0 aliphatic carbocycles. The van der Waals surface area contributed by atoms with Crippen molar-refractivity contribution in [2.24, 2.45) is 0 Å². The number of hydrogen-bond donors (Lipinski definition) is 1. The largest absolute Gasteiger partial charge is 0.277 e. The lowest BCUT2D eigenvalue weighted by atomic mass is 10.3. The highest BCUT2D eigenvalue weighted by molar-refractivity contribution is 14.1. The minimum Gasteiger partial charge on any atom is -0.277 e. The van der Waals surface area contributed by atoms with Crippen LogP contribution in [0.5, 0.6) is 0 Å². The third-order valence-corrected chi connectivity index (χ3v) is 6.00. The van der Waals surface area contributed by atoms with Crippen LogP contribution in [0.25, 0.3) is 0 Å². The monoisotopic (exact) mass is 413 g/mol. The molecule has 1 aromatic heterocycles. The number of nitrogens with one attached hydrogen (secondary N) is 1. The lowest BCUT2D eigenvalue weighted by molar-refractivity contribution is 0.603. The average Bonchev–Trinajstić information content (AvgIpc) is 2.70. The second-order valence-electron chi connectivity index (χ2n) is 3.59. The van der Waals surface area contributed by atoms with Crippen molar-refractivity contribution >= 4 is 61.2 Å². The second-order valence-corrected chi connectivity index (χ2v) is 8.44. The van der Waals surface area contributed by atoms with Crippen LogP contribution in [0.1, 0.15) is 4.88 Å². The van der Waals surface area contributed by atoms with Gasteiger partial charge in [-0.3, -0.25) is 4.72 Å². The molecule has 0 fully saturated rings. The molecule has 0 unspecified atom stereocenters. The standard InChI is InChI=1S/C11H9ClINO2S2/c1-7-2-5-11(17-7)18(15,16)14-10-4-3-8(13)6-9(10)12/h2-6,14H,1H3. The van der Waals surface area contributed by atoms with Crippen LogP contribution in [0, 0.1) is 10.5 Å². The summed E-state index contributed by atoms with van der Waals surface area (Å²) < 4.78 is 27.9. The lowest BCUT2D eigenvalue weighted by Crippen LogP contribution is -2.11. The van der Waals surface area contributed by atoms with Gasteiger partial charge in [0.2, 0.25) is 0 Å². The van der Waals surface area contributed by atoms with Gasteiger partial charge in [0.1, 0.15) is 4.21 Å². The molecule has 1 N–H and O–H groups in total. The summed E-state index contributed by atoms with van der Waals surface area (Å²) in [6, 6.07) is 8.52. The van der Waals surface area contributed by atoms with Gasteiger partial charge in [-0.15, -0.1) is 11.3 Å². The Labute approximate surface area is 128 Å². The molecule has 2 aromatic rings. The molecule has 7 heteroatoms. The Bertz CT molecular complexity index is 682. The number of sulfonamides is 1. The highest BCUT2D eigenvalue weighted by atomic mass is 127. The van der Waals surface area contributed by atoms with Crippen LogP contribution < -0.4 is 4.72 Å². The molecule has 0 aliphatic heterocycles. The fourth-order valence-electron chi connectivity index (χ4n) is 1.32. The van der Waals surface area contributed by atoms with E-state index in [1.807, 2.05) is 6.92 Å². The summed E-state index contributed by atoms with van der Waals surface area (Å²) in [6.07, 6.45) is 0. The summed E-state index contributed by atoms with van der Waals surface area (Å²) in [7, 11) is -3.55. The number of halogens is 2. The molecule has 0 radical (unpaired) electrons. The van der Waals surface area contributed by atoms with Crippen LogP contribution in [0.3, 0.4) is 0 Å². The number of rotatable bonds is 3. The van der Waals surface area contributed by atoms with Crippen LogP contribution >= 0.6 is 45.5 Å². The summed E-state index contributed by atoms with van der Waals surface area (Å²) in [6.45, 7) is 1.86. The smallest absolute Gasteiger partial charge is 0.271 e. The normalized spacial score (nSPS) is 11.5. The SMILES string of the molecule is Cc1ccc(S(=O)(=O)Nc2ccc(I)cc2Cl)s1.